The summed E-state index contributed by atoms with van der Waals surface area (Å²) in [7, 11) is 0. The third-order valence-electron chi connectivity index (χ3n) is 2.97. The van der Waals surface area contributed by atoms with E-state index in [1.54, 1.807) is 6.07 Å². The van der Waals surface area contributed by atoms with Crippen molar-refractivity contribution in [2.75, 3.05) is 11.9 Å². The molecule has 1 atom stereocenters. The fourth-order valence-corrected chi connectivity index (χ4v) is 1.90. The Morgan fingerprint density at radius 1 is 1.21 bits per heavy atom. The quantitative estimate of drug-likeness (QED) is 0.879. The summed E-state index contributed by atoms with van der Waals surface area (Å²) in [5.41, 5.74) is 3.29. The molecular weight excluding hydrogens is 236 g/mol. The number of aryl methyl sites for hydroxylation is 1. The van der Waals surface area contributed by atoms with Gasteiger partial charge in [0.05, 0.1) is 17.4 Å². The average Bonchev–Trinajstić information content (AvgIpc) is 2.46. The average molecular weight is 252 g/mol. The number of rotatable bonds is 4. The second-order valence-electron chi connectivity index (χ2n) is 4.47. The van der Waals surface area contributed by atoms with Crippen molar-refractivity contribution in [3.63, 3.8) is 0 Å². The monoisotopic (exact) mass is 252 g/mol. The molecule has 0 saturated carbocycles. The maximum Gasteiger partial charge on any atom is 0.101 e. The van der Waals surface area contributed by atoms with E-state index in [9.17, 15) is 5.11 Å². The first-order valence-corrected chi connectivity index (χ1v) is 6.18. The molecule has 2 rings (SSSR count). The van der Waals surface area contributed by atoms with Crippen LogP contribution < -0.4 is 5.32 Å². The standard InChI is InChI=1S/C16H16N2O/c1-12-7-8-14(10-17)15(9-12)18-11-16(19)13-5-3-2-4-6-13/h2-9,16,18-19H,11H2,1H3. The zero-order valence-electron chi connectivity index (χ0n) is 10.8. The lowest BCUT2D eigenvalue weighted by atomic mass is 10.1. The molecule has 1 unspecified atom stereocenters. The van der Waals surface area contributed by atoms with Crippen molar-refractivity contribution >= 4 is 5.69 Å². The van der Waals surface area contributed by atoms with Crippen LogP contribution in [0, 0.1) is 18.3 Å². The van der Waals surface area contributed by atoms with Gasteiger partial charge in [0.15, 0.2) is 0 Å². The number of hydrogen-bond donors (Lipinski definition) is 2. The Kier molecular flexibility index (Phi) is 4.17. The van der Waals surface area contributed by atoms with E-state index < -0.39 is 6.10 Å². The molecule has 0 aliphatic rings. The largest absolute Gasteiger partial charge is 0.387 e. The van der Waals surface area contributed by atoms with Gasteiger partial charge in [0.1, 0.15) is 6.07 Å². The van der Waals surface area contributed by atoms with Gasteiger partial charge >= 0.3 is 0 Å². The summed E-state index contributed by atoms with van der Waals surface area (Å²) in [6, 6.07) is 17.2. The lowest BCUT2D eigenvalue weighted by molar-refractivity contribution is 0.191. The fraction of sp³-hybridized carbons (Fsp3) is 0.188. The molecule has 0 spiro atoms. The predicted octanol–water partition coefficient (Wildman–Crippen LogP) is 3.01. The van der Waals surface area contributed by atoms with E-state index in [0.717, 1.165) is 16.8 Å². The molecule has 0 aromatic heterocycles. The molecule has 0 fully saturated rings. The number of aliphatic hydroxyl groups excluding tert-OH is 1. The zero-order chi connectivity index (χ0) is 13.7. The van der Waals surface area contributed by atoms with Crippen LogP contribution in [0.2, 0.25) is 0 Å². The lowest BCUT2D eigenvalue weighted by Gasteiger charge is -2.14. The smallest absolute Gasteiger partial charge is 0.101 e. The van der Waals surface area contributed by atoms with Crippen LogP contribution in [0.5, 0.6) is 0 Å². The van der Waals surface area contributed by atoms with Crippen LogP contribution in [-0.2, 0) is 0 Å². The topological polar surface area (TPSA) is 56.0 Å². The highest BCUT2D eigenvalue weighted by Crippen LogP contribution is 2.19. The third-order valence-corrected chi connectivity index (χ3v) is 2.97. The van der Waals surface area contributed by atoms with Gasteiger partial charge < -0.3 is 10.4 Å². The summed E-state index contributed by atoms with van der Waals surface area (Å²) in [5, 5.41) is 22.2. The molecule has 0 aliphatic carbocycles. The first-order chi connectivity index (χ1) is 9.20. The van der Waals surface area contributed by atoms with Gasteiger partial charge in [-0.25, -0.2) is 0 Å². The highest BCUT2D eigenvalue weighted by atomic mass is 16.3. The molecule has 0 radical (unpaired) electrons. The van der Waals surface area contributed by atoms with Crippen LogP contribution in [0.4, 0.5) is 5.69 Å². The molecule has 2 aromatic rings. The number of nitrogens with zero attached hydrogens (tertiary/aromatic N) is 1. The van der Waals surface area contributed by atoms with E-state index in [0.29, 0.717) is 12.1 Å². The molecule has 0 bridgehead atoms. The number of hydrogen-bond acceptors (Lipinski definition) is 3. The van der Waals surface area contributed by atoms with Crippen LogP contribution in [0.3, 0.4) is 0 Å². The van der Waals surface area contributed by atoms with Crippen LogP contribution in [0.25, 0.3) is 0 Å². The normalized spacial score (nSPS) is 11.6. The minimum Gasteiger partial charge on any atom is -0.387 e. The first-order valence-electron chi connectivity index (χ1n) is 6.18. The van der Waals surface area contributed by atoms with E-state index in [-0.39, 0.29) is 0 Å². The minimum absolute atomic E-state index is 0.377. The molecule has 2 N–H and O–H groups in total. The summed E-state index contributed by atoms with van der Waals surface area (Å²) in [5.74, 6) is 0. The Morgan fingerprint density at radius 2 is 1.95 bits per heavy atom. The Balaban J connectivity index is 2.07. The summed E-state index contributed by atoms with van der Waals surface area (Å²) >= 11 is 0. The molecule has 0 aliphatic heterocycles. The molecule has 2 aromatic carbocycles. The Labute approximate surface area is 113 Å². The highest BCUT2D eigenvalue weighted by molar-refractivity contribution is 5.58. The molecule has 0 saturated heterocycles. The maximum atomic E-state index is 10.1. The summed E-state index contributed by atoms with van der Waals surface area (Å²) in [6.07, 6.45) is -0.590. The van der Waals surface area contributed by atoms with Gasteiger partial charge in [-0.3, -0.25) is 0 Å². The van der Waals surface area contributed by atoms with Gasteiger partial charge in [-0.05, 0) is 30.2 Å². The Bertz CT molecular complexity index is 587. The molecule has 19 heavy (non-hydrogen) atoms. The molecule has 3 nitrogen and oxygen atoms in total. The van der Waals surface area contributed by atoms with E-state index in [2.05, 4.69) is 11.4 Å². The van der Waals surface area contributed by atoms with Crippen molar-refractivity contribution < 1.29 is 5.11 Å². The van der Waals surface area contributed by atoms with Gasteiger partial charge in [0.25, 0.3) is 0 Å². The first kappa shape index (κ1) is 13.1. The number of nitrogens with one attached hydrogen (secondary N) is 1. The second kappa shape index (κ2) is 6.03. The van der Waals surface area contributed by atoms with Gasteiger partial charge in [-0.15, -0.1) is 0 Å². The highest BCUT2D eigenvalue weighted by Gasteiger charge is 2.08. The predicted molar refractivity (Wildman–Crippen MR) is 75.8 cm³/mol. The van der Waals surface area contributed by atoms with Crippen molar-refractivity contribution in [1.29, 1.82) is 5.26 Å². The van der Waals surface area contributed by atoms with Crippen molar-refractivity contribution in [2.24, 2.45) is 0 Å². The van der Waals surface area contributed by atoms with Crippen LogP contribution in [0.1, 0.15) is 22.8 Å². The minimum atomic E-state index is -0.590. The molecule has 3 heteroatoms. The molecule has 0 heterocycles. The summed E-state index contributed by atoms with van der Waals surface area (Å²) in [6.45, 7) is 2.35. The second-order valence-corrected chi connectivity index (χ2v) is 4.47. The van der Waals surface area contributed by atoms with Gasteiger partial charge in [-0.1, -0.05) is 36.4 Å². The number of aliphatic hydroxyl groups is 1. The van der Waals surface area contributed by atoms with Gasteiger partial charge in [-0.2, -0.15) is 5.26 Å². The van der Waals surface area contributed by atoms with E-state index in [4.69, 9.17) is 5.26 Å². The molecular formula is C16H16N2O. The molecule has 0 amide bonds. The zero-order valence-corrected chi connectivity index (χ0v) is 10.8. The van der Waals surface area contributed by atoms with E-state index >= 15 is 0 Å². The SMILES string of the molecule is Cc1ccc(C#N)c(NCC(O)c2ccccc2)c1. The van der Waals surface area contributed by atoms with Crippen molar-refractivity contribution in [3.8, 4) is 6.07 Å². The Hall–Kier alpha value is -2.31. The van der Waals surface area contributed by atoms with Crippen LogP contribution >= 0.6 is 0 Å². The van der Waals surface area contributed by atoms with E-state index in [1.807, 2.05) is 49.4 Å². The van der Waals surface area contributed by atoms with Crippen LogP contribution in [-0.4, -0.2) is 11.7 Å². The number of benzene rings is 2. The van der Waals surface area contributed by atoms with Crippen molar-refractivity contribution in [1.82, 2.24) is 0 Å². The van der Waals surface area contributed by atoms with Gasteiger partial charge in [0, 0.05) is 6.54 Å². The summed E-state index contributed by atoms with van der Waals surface area (Å²) < 4.78 is 0. The third kappa shape index (κ3) is 3.34. The number of anilines is 1. The van der Waals surface area contributed by atoms with E-state index in [1.165, 1.54) is 0 Å². The fourth-order valence-electron chi connectivity index (χ4n) is 1.90. The maximum absolute atomic E-state index is 10.1. The summed E-state index contributed by atoms with van der Waals surface area (Å²) in [4.78, 5) is 0. The molecule has 96 valence electrons. The lowest BCUT2D eigenvalue weighted by Crippen LogP contribution is -2.12. The Morgan fingerprint density at radius 3 is 2.63 bits per heavy atom. The van der Waals surface area contributed by atoms with Gasteiger partial charge in [0.2, 0.25) is 0 Å². The van der Waals surface area contributed by atoms with Crippen LogP contribution in [0.15, 0.2) is 48.5 Å². The van der Waals surface area contributed by atoms with Crippen molar-refractivity contribution in [2.45, 2.75) is 13.0 Å². The van der Waals surface area contributed by atoms with Crippen molar-refractivity contribution in [3.05, 3.63) is 65.2 Å². The number of nitriles is 1.